The van der Waals surface area contributed by atoms with Gasteiger partial charge in [-0.05, 0) is 30.7 Å². The standard InChI is InChI=1S/C18H20FNO/c1-13-7-6-8-14(11-13)17(21)20-12-18(2,3)15-9-4-5-10-16(15)19/h4-11H,12H2,1-3H3,(H,20,21). The van der Waals surface area contributed by atoms with E-state index < -0.39 is 5.41 Å². The van der Waals surface area contributed by atoms with Crippen molar-refractivity contribution in [1.82, 2.24) is 5.32 Å². The van der Waals surface area contributed by atoms with Gasteiger partial charge in [0.15, 0.2) is 0 Å². The number of halogens is 1. The lowest BCUT2D eigenvalue weighted by Crippen LogP contribution is -2.37. The molecule has 0 unspecified atom stereocenters. The minimum atomic E-state index is -0.467. The topological polar surface area (TPSA) is 29.1 Å². The van der Waals surface area contributed by atoms with E-state index in [-0.39, 0.29) is 11.7 Å². The number of aryl methyl sites for hydroxylation is 1. The van der Waals surface area contributed by atoms with E-state index in [2.05, 4.69) is 5.32 Å². The molecule has 1 N–H and O–H groups in total. The van der Waals surface area contributed by atoms with Crippen LogP contribution in [0.1, 0.15) is 35.3 Å². The summed E-state index contributed by atoms with van der Waals surface area (Å²) < 4.78 is 13.9. The average molecular weight is 285 g/mol. The predicted molar refractivity (Wildman–Crippen MR) is 82.9 cm³/mol. The van der Waals surface area contributed by atoms with Crippen molar-refractivity contribution in [2.24, 2.45) is 0 Å². The highest BCUT2D eigenvalue weighted by Crippen LogP contribution is 2.24. The van der Waals surface area contributed by atoms with Crippen LogP contribution >= 0.6 is 0 Å². The number of nitrogens with one attached hydrogen (secondary N) is 1. The zero-order valence-corrected chi connectivity index (χ0v) is 12.6. The number of benzene rings is 2. The zero-order valence-electron chi connectivity index (χ0n) is 12.6. The second-order valence-electron chi connectivity index (χ2n) is 5.92. The second kappa shape index (κ2) is 6.08. The second-order valence-corrected chi connectivity index (χ2v) is 5.92. The summed E-state index contributed by atoms with van der Waals surface area (Å²) >= 11 is 0. The fraction of sp³-hybridized carbons (Fsp3) is 0.278. The molecule has 0 saturated carbocycles. The molecule has 0 atom stereocenters. The van der Waals surface area contributed by atoms with E-state index in [1.165, 1.54) is 6.07 Å². The highest BCUT2D eigenvalue weighted by molar-refractivity contribution is 5.94. The molecule has 2 nitrogen and oxygen atoms in total. The van der Waals surface area contributed by atoms with Crippen molar-refractivity contribution in [3.05, 3.63) is 71.0 Å². The maximum Gasteiger partial charge on any atom is 0.251 e. The van der Waals surface area contributed by atoms with Crippen LogP contribution < -0.4 is 5.32 Å². The molecule has 0 aromatic heterocycles. The summed E-state index contributed by atoms with van der Waals surface area (Å²) in [7, 11) is 0. The normalized spacial score (nSPS) is 11.2. The third-order valence-electron chi connectivity index (χ3n) is 3.57. The molecule has 0 radical (unpaired) electrons. The fourth-order valence-electron chi connectivity index (χ4n) is 2.29. The van der Waals surface area contributed by atoms with Crippen LogP contribution in [-0.4, -0.2) is 12.5 Å². The van der Waals surface area contributed by atoms with Crippen LogP contribution in [0.3, 0.4) is 0 Å². The molecule has 1 amide bonds. The van der Waals surface area contributed by atoms with Crippen molar-refractivity contribution in [3.63, 3.8) is 0 Å². The molecule has 0 aliphatic rings. The molecule has 2 rings (SSSR count). The van der Waals surface area contributed by atoms with Gasteiger partial charge in [-0.15, -0.1) is 0 Å². The summed E-state index contributed by atoms with van der Waals surface area (Å²) in [5.41, 5.74) is 1.80. The summed E-state index contributed by atoms with van der Waals surface area (Å²) in [6.45, 7) is 6.16. The van der Waals surface area contributed by atoms with Gasteiger partial charge in [0, 0.05) is 17.5 Å². The Morgan fingerprint density at radius 2 is 1.86 bits per heavy atom. The molecule has 3 heteroatoms. The Morgan fingerprint density at radius 1 is 1.14 bits per heavy atom. The van der Waals surface area contributed by atoms with Crippen LogP contribution in [0, 0.1) is 12.7 Å². The van der Waals surface area contributed by atoms with E-state index >= 15 is 0 Å². The molecule has 2 aromatic rings. The van der Waals surface area contributed by atoms with Gasteiger partial charge in [0.25, 0.3) is 5.91 Å². The third-order valence-corrected chi connectivity index (χ3v) is 3.57. The predicted octanol–water partition coefficient (Wildman–Crippen LogP) is 3.84. The highest BCUT2D eigenvalue weighted by Gasteiger charge is 2.24. The summed E-state index contributed by atoms with van der Waals surface area (Å²) in [5, 5.41) is 2.89. The van der Waals surface area contributed by atoms with Crippen LogP contribution in [0.2, 0.25) is 0 Å². The quantitative estimate of drug-likeness (QED) is 0.908. The van der Waals surface area contributed by atoms with Crippen LogP contribution in [0.4, 0.5) is 4.39 Å². The van der Waals surface area contributed by atoms with Crippen molar-refractivity contribution in [2.45, 2.75) is 26.2 Å². The molecule has 0 saturated heterocycles. The Hall–Kier alpha value is -2.16. The number of carbonyl (C=O) groups excluding carboxylic acids is 1. The fourth-order valence-corrected chi connectivity index (χ4v) is 2.29. The molecular weight excluding hydrogens is 265 g/mol. The molecule has 110 valence electrons. The molecule has 21 heavy (non-hydrogen) atoms. The largest absolute Gasteiger partial charge is 0.351 e. The Balaban J connectivity index is 2.08. The van der Waals surface area contributed by atoms with Crippen molar-refractivity contribution in [2.75, 3.05) is 6.54 Å². The van der Waals surface area contributed by atoms with Gasteiger partial charge in [-0.1, -0.05) is 49.7 Å². The van der Waals surface area contributed by atoms with Crippen molar-refractivity contribution < 1.29 is 9.18 Å². The number of hydrogen-bond donors (Lipinski definition) is 1. The maximum absolute atomic E-state index is 13.9. The first kappa shape index (κ1) is 15.2. The number of rotatable bonds is 4. The number of carbonyl (C=O) groups is 1. The van der Waals surface area contributed by atoms with E-state index in [1.54, 1.807) is 18.2 Å². The SMILES string of the molecule is Cc1cccc(C(=O)NCC(C)(C)c2ccccc2F)c1. The highest BCUT2D eigenvalue weighted by atomic mass is 19.1. The summed E-state index contributed by atoms with van der Waals surface area (Å²) in [6, 6.07) is 14.1. The van der Waals surface area contributed by atoms with E-state index in [9.17, 15) is 9.18 Å². The minimum Gasteiger partial charge on any atom is -0.351 e. The Kier molecular flexibility index (Phi) is 4.41. The van der Waals surface area contributed by atoms with Gasteiger partial charge in [-0.3, -0.25) is 4.79 Å². The molecule has 0 aliphatic heterocycles. The molecule has 0 spiro atoms. The van der Waals surface area contributed by atoms with Gasteiger partial charge in [0.05, 0.1) is 0 Å². The minimum absolute atomic E-state index is 0.136. The van der Waals surface area contributed by atoms with Crippen LogP contribution in [-0.2, 0) is 5.41 Å². The van der Waals surface area contributed by atoms with Crippen molar-refractivity contribution in [1.29, 1.82) is 0 Å². The average Bonchev–Trinajstić information content (AvgIpc) is 2.45. The van der Waals surface area contributed by atoms with E-state index in [0.29, 0.717) is 17.7 Å². The van der Waals surface area contributed by atoms with Gasteiger partial charge in [0.1, 0.15) is 5.82 Å². The van der Waals surface area contributed by atoms with Crippen LogP contribution in [0.5, 0.6) is 0 Å². The molecule has 0 heterocycles. The lowest BCUT2D eigenvalue weighted by molar-refractivity contribution is 0.0945. The summed E-state index contributed by atoms with van der Waals surface area (Å²) in [5.74, 6) is -0.379. The first-order chi connectivity index (χ1) is 9.90. The lowest BCUT2D eigenvalue weighted by Gasteiger charge is -2.26. The molecule has 0 fully saturated rings. The maximum atomic E-state index is 13.9. The summed E-state index contributed by atoms with van der Waals surface area (Å²) in [4.78, 5) is 12.2. The summed E-state index contributed by atoms with van der Waals surface area (Å²) in [6.07, 6.45) is 0. The smallest absolute Gasteiger partial charge is 0.251 e. The monoisotopic (exact) mass is 285 g/mol. The number of amides is 1. The van der Waals surface area contributed by atoms with Gasteiger partial charge >= 0.3 is 0 Å². The lowest BCUT2D eigenvalue weighted by atomic mass is 9.84. The molecular formula is C18H20FNO. The first-order valence-corrected chi connectivity index (χ1v) is 7.00. The van der Waals surface area contributed by atoms with E-state index in [4.69, 9.17) is 0 Å². The van der Waals surface area contributed by atoms with Gasteiger partial charge in [0.2, 0.25) is 0 Å². The first-order valence-electron chi connectivity index (χ1n) is 7.00. The molecule has 0 aliphatic carbocycles. The molecule has 2 aromatic carbocycles. The van der Waals surface area contributed by atoms with Gasteiger partial charge < -0.3 is 5.32 Å². The van der Waals surface area contributed by atoms with E-state index in [1.807, 2.05) is 45.0 Å². The molecule has 0 bridgehead atoms. The van der Waals surface area contributed by atoms with E-state index in [0.717, 1.165) is 5.56 Å². The third kappa shape index (κ3) is 3.69. The Labute approximate surface area is 125 Å². The Bertz CT molecular complexity index is 649. The van der Waals surface area contributed by atoms with Gasteiger partial charge in [-0.25, -0.2) is 4.39 Å². The number of hydrogen-bond acceptors (Lipinski definition) is 1. The zero-order chi connectivity index (χ0) is 15.5. The Morgan fingerprint density at radius 3 is 2.52 bits per heavy atom. The van der Waals surface area contributed by atoms with Crippen LogP contribution in [0.25, 0.3) is 0 Å². The van der Waals surface area contributed by atoms with Gasteiger partial charge in [-0.2, -0.15) is 0 Å². The van der Waals surface area contributed by atoms with Crippen LogP contribution in [0.15, 0.2) is 48.5 Å². The van der Waals surface area contributed by atoms with Crippen molar-refractivity contribution in [3.8, 4) is 0 Å². The van der Waals surface area contributed by atoms with Crippen molar-refractivity contribution >= 4 is 5.91 Å².